The van der Waals surface area contributed by atoms with Crippen molar-refractivity contribution in [3.63, 3.8) is 0 Å². The number of aryl methyl sites for hydroxylation is 2. The van der Waals surface area contributed by atoms with Crippen LogP contribution in [-0.4, -0.2) is 16.1 Å². The Labute approximate surface area is 181 Å². The molecule has 0 saturated heterocycles. The SMILES string of the molecule is O=C(O)c1ccc2cccnc2c1.c1ccc2c(c1)ccc1c3c(ccc12)CCCC3. The standard InChI is InChI=1S/C18H16.C10H7NO2/c1-3-7-15-13(5-1)9-11-18-16-8-4-2-6-14(16)10-12-17(15)18;12-10(13)8-4-3-7-2-1-5-11-9(7)6-8/h1,3,5,7,9-12H,2,4,6,8H2;1-6H,(H,12,13). The second-order valence-electron chi connectivity index (χ2n) is 8.01. The predicted octanol–water partition coefficient (Wildman–Crippen LogP) is 6.80. The molecule has 1 aromatic heterocycles. The first kappa shape index (κ1) is 19.3. The van der Waals surface area contributed by atoms with Crippen LogP contribution in [0.3, 0.4) is 0 Å². The lowest BCUT2D eigenvalue weighted by Crippen LogP contribution is -2.02. The molecule has 0 fully saturated rings. The van der Waals surface area contributed by atoms with Crippen LogP contribution < -0.4 is 0 Å². The van der Waals surface area contributed by atoms with Gasteiger partial charge in [0, 0.05) is 11.6 Å². The van der Waals surface area contributed by atoms with E-state index in [9.17, 15) is 4.79 Å². The molecule has 0 unspecified atom stereocenters. The molecule has 0 amide bonds. The molecule has 4 aromatic carbocycles. The van der Waals surface area contributed by atoms with E-state index in [1.54, 1.807) is 35.5 Å². The minimum atomic E-state index is -0.924. The van der Waals surface area contributed by atoms with E-state index in [1.165, 1.54) is 47.2 Å². The van der Waals surface area contributed by atoms with Gasteiger partial charge >= 0.3 is 5.97 Å². The van der Waals surface area contributed by atoms with Gasteiger partial charge < -0.3 is 5.11 Å². The monoisotopic (exact) mass is 405 g/mol. The number of aromatic nitrogens is 1. The van der Waals surface area contributed by atoms with E-state index in [-0.39, 0.29) is 5.56 Å². The molecule has 0 bridgehead atoms. The molecule has 3 heteroatoms. The summed E-state index contributed by atoms with van der Waals surface area (Å²) in [7, 11) is 0. The fourth-order valence-electron chi connectivity index (χ4n) is 4.54. The summed E-state index contributed by atoms with van der Waals surface area (Å²) in [5, 5.41) is 15.3. The molecule has 1 heterocycles. The Hall–Kier alpha value is -3.72. The highest BCUT2D eigenvalue weighted by Gasteiger charge is 2.13. The largest absolute Gasteiger partial charge is 0.478 e. The Morgan fingerprint density at radius 1 is 0.742 bits per heavy atom. The zero-order chi connectivity index (χ0) is 21.2. The summed E-state index contributed by atoms with van der Waals surface area (Å²) in [5.41, 5.74) is 4.15. The Morgan fingerprint density at radius 2 is 1.52 bits per heavy atom. The minimum Gasteiger partial charge on any atom is -0.478 e. The summed E-state index contributed by atoms with van der Waals surface area (Å²) in [5.74, 6) is -0.924. The molecule has 152 valence electrons. The van der Waals surface area contributed by atoms with Crippen molar-refractivity contribution in [2.75, 3.05) is 0 Å². The van der Waals surface area contributed by atoms with Gasteiger partial charge in [0.1, 0.15) is 0 Å². The summed E-state index contributed by atoms with van der Waals surface area (Å²) in [6, 6.07) is 26.6. The van der Waals surface area contributed by atoms with E-state index in [0.717, 1.165) is 5.39 Å². The van der Waals surface area contributed by atoms with E-state index in [0.29, 0.717) is 5.52 Å². The van der Waals surface area contributed by atoms with Crippen molar-refractivity contribution in [2.24, 2.45) is 0 Å². The van der Waals surface area contributed by atoms with Crippen LogP contribution in [0.2, 0.25) is 0 Å². The molecule has 6 rings (SSSR count). The maximum absolute atomic E-state index is 10.6. The minimum absolute atomic E-state index is 0.270. The fourth-order valence-corrected chi connectivity index (χ4v) is 4.54. The van der Waals surface area contributed by atoms with E-state index in [1.807, 2.05) is 12.1 Å². The van der Waals surface area contributed by atoms with Gasteiger partial charge in [-0.25, -0.2) is 4.79 Å². The van der Waals surface area contributed by atoms with Gasteiger partial charge in [-0.05, 0) is 76.6 Å². The summed E-state index contributed by atoms with van der Waals surface area (Å²) < 4.78 is 0. The number of benzene rings is 4. The summed E-state index contributed by atoms with van der Waals surface area (Å²) in [6.07, 6.45) is 6.86. The molecule has 1 N–H and O–H groups in total. The molecule has 5 aromatic rings. The van der Waals surface area contributed by atoms with Crippen molar-refractivity contribution in [1.29, 1.82) is 0 Å². The molecule has 3 nitrogen and oxygen atoms in total. The van der Waals surface area contributed by atoms with E-state index < -0.39 is 5.97 Å². The molecule has 31 heavy (non-hydrogen) atoms. The van der Waals surface area contributed by atoms with Crippen molar-refractivity contribution in [3.8, 4) is 0 Å². The number of fused-ring (bicyclic) bond motifs is 6. The second kappa shape index (κ2) is 8.19. The lowest BCUT2D eigenvalue weighted by atomic mass is 9.86. The van der Waals surface area contributed by atoms with Crippen LogP contribution in [0.15, 0.2) is 85.1 Å². The van der Waals surface area contributed by atoms with Crippen LogP contribution in [0.4, 0.5) is 0 Å². The molecule has 0 radical (unpaired) electrons. The molecule has 1 aliphatic carbocycles. The van der Waals surface area contributed by atoms with Crippen LogP contribution in [0.5, 0.6) is 0 Å². The van der Waals surface area contributed by atoms with Crippen LogP contribution in [0.25, 0.3) is 32.4 Å². The Morgan fingerprint density at radius 3 is 2.42 bits per heavy atom. The summed E-state index contributed by atoms with van der Waals surface area (Å²) in [6.45, 7) is 0. The number of carbonyl (C=O) groups is 1. The molecule has 0 aliphatic heterocycles. The summed E-state index contributed by atoms with van der Waals surface area (Å²) >= 11 is 0. The first-order chi connectivity index (χ1) is 15.2. The zero-order valence-electron chi connectivity index (χ0n) is 17.2. The Bertz CT molecular complexity index is 1420. The van der Waals surface area contributed by atoms with Gasteiger partial charge in [-0.3, -0.25) is 4.98 Å². The highest BCUT2D eigenvalue weighted by Crippen LogP contribution is 2.33. The van der Waals surface area contributed by atoms with Crippen LogP contribution in [0, 0.1) is 0 Å². The van der Waals surface area contributed by atoms with Gasteiger partial charge in [0.2, 0.25) is 0 Å². The third-order valence-electron chi connectivity index (χ3n) is 6.11. The molecular formula is C28H23NO2. The number of hydrogen-bond donors (Lipinski definition) is 1. The van der Waals surface area contributed by atoms with Gasteiger partial charge in [-0.1, -0.05) is 60.7 Å². The van der Waals surface area contributed by atoms with Gasteiger partial charge in [0.25, 0.3) is 0 Å². The van der Waals surface area contributed by atoms with Crippen molar-refractivity contribution >= 4 is 38.4 Å². The second-order valence-corrected chi connectivity index (χ2v) is 8.01. The third-order valence-corrected chi connectivity index (χ3v) is 6.11. The van der Waals surface area contributed by atoms with Crippen LogP contribution in [0.1, 0.15) is 34.3 Å². The van der Waals surface area contributed by atoms with Crippen LogP contribution >= 0.6 is 0 Å². The highest BCUT2D eigenvalue weighted by atomic mass is 16.4. The third kappa shape index (κ3) is 3.75. The van der Waals surface area contributed by atoms with Crippen molar-refractivity contribution < 1.29 is 9.90 Å². The van der Waals surface area contributed by atoms with Crippen molar-refractivity contribution in [1.82, 2.24) is 4.98 Å². The van der Waals surface area contributed by atoms with Gasteiger partial charge in [-0.2, -0.15) is 0 Å². The zero-order valence-corrected chi connectivity index (χ0v) is 17.2. The molecule has 1 aliphatic rings. The normalized spacial score (nSPS) is 12.9. The fraction of sp³-hybridized carbons (Fsp3) is 0.143. The Balaban J connectivity index is 0.000000140. The summed E-state index contributed by atoms with van der Waals surface area (Å²) in [4.78, 5) is 14.7. The number of rotatable bonds is 1. The highest BCUT2D eigenvalue weighted by molar-refractivity contribution is 6.08. The van der Waals surface area contributed by atoms with Crippen molar-refractivity contribution in [3.05, 3.63) is 102 Å². The van der Waals surface area contributed by atoms with Gasteiger partial charge in [0.15, 0.2) is 0 Å². The maximum Gasteiger partial charge on any atom is 0.335 e. The van der Waals surface area contributed by atoms with Crippen LogP contribution in [-0.2, 0) is 12.8 Å². The number of carboxylic acid groups (broad SMARTS) is 1. The molecule has 0 spiro atoms. The van der Waals surface area contributed by atoms with E-state index in [4.69, 9.17) is 5.11 Å². The molecular weight excluding hydrogens is 382 g/mol. The molecule has 0 atom stereocenters. The smallest absolute Gasteiger partial charge is 0.335 e. The van der Waals surface area contributed by atoms with Gasteiger partial charge in [0.05, 0.1) is 11.1 Å². The number of hydrogen-bond acceptors (Lipinski definition) is 2. The Kier molecular flexibility index (Phi) is 5.09. The maximum atomic E-state index is 10.6. The quantitative estimate of drug-likeness (QED) is 0.312. The topological polar surface area (TPSA) is 50.2 Å². The van der Waals surface area contributed by atoms with E-state index in [2.05, 4.69) is 53.5 Å². The average Bonchev–Trinajstić information content (AvgIpc) is 2.83. The average molecular weight is 405 g/mol. The number of pyridine rings is 1. The lowest BCUT2D eigenvalue weighted by Gasteiger charge is -2.18. The number of aromatic carboxylic acids is 1. The number of nitrogens with zero attached hydrogens (tertiary/aromatic N) is 1. The predicted molar refractivity (Wildman–Crippen MR) is 127 cm³/mol. The number of carboxylic acids is 1. The van der Waals surface area contributed by atoms with Gasteiger partial charge in [-0.15, -0.1) is 0 Å². The molecule has 0 saturated carbocycles. The first-order valence-corrected chi connectivity index (χ1v) is 10.7. The first-order valence-electron chi connectivity index (χ1n) is 10.7. The van der Waals surface area contributed by atoms with E-state index >= 15 is 0 Å². The lowest BCUT2D eigenvalue weighted by molar-refractivity contribution is 0.0697. The van der Waals surface area contributed by atoms with Crippen molar-refractivity contribution in [2.45, 2.75) is 25.7 Å².